The molecule has 1 N–H and O–H groups in total. The van der Waals surface area contributed by atoms with Crippen LogP contribution >= 0.6 is 7.82 Å². The van der Waals surface area contributed by atoms with Gasteiger partial charge in [0.1, 0.15) is 5.75 Å². The molecule has 0 aliphatic carbocycles. The smallest absolute Gasteiger partial charge is 0.475 e. The van der Waals surface area contributed by atoms with Crippen LogP contribution in [0.1, 0.15) is 46.6 Å². The summed E-state index contributed by atoms with van der Waals surface area (Å²) in [4.78, 5) is 22.8. The molecule has 6 aromatic rings. The maximum Gasteiger partial charge on any atom is 0.475 e. The number of nitrogens with zero attached hydrogens (tertiary/aromatic N) is 2. The summed E-state index contributed by atoms with van der Waals surface area (Å²) in [6, 6.07) is 37.5. The fraction of sp³-hybridized carbons (Fsp3) is 0.143. The Morgan fingerprint density at radius 2 is 1.40 bits per heavy atom. The van der Waals surface area contributed by atoms with Crippen LogP contribution < -0.4 is 4.74 Å². The van der Waals surface area contributed by atoms with Gasteiger partial charge in [-0.05, 0) is 66.5 Å². The molecule has 1 aliphatic heterocycles. The van der Waals surface area contributed by atoms with Crippen LogP contribution in [0, 0.1) is 0 Å². The van der Waals surface area contributed by atoms with E-state index < -0.39 is 7.82 Å². The lowest BCUT2D eigenvalue weighted by molar-refractivity contribution is 0.0929. The van der Waals surface area contributed by atoms with Crippen LogP contribution in [0.15, 0.2) is 144 Å². The molecule has 0 amide bonds. The molecule has 52 heavy (non-hydrogen) atoms. The van der Waals surface area contributed by atoms with Crippen molar-refractivity contribution in [3.05, 3.63) is 167 Å². The highest BCUT2D eigenvalue weighted by atomic mass is 31.2. The highest BCUT2D eigenvalue weighted by Gasteiger charge is 2.29. The van der Waals surface area contributed by atoms with Gasteiger partial charge in [0.05, 0.1) is 55.2 Å². The van der Waals surface area contributed by atoms with E-state index in [0.29, 0.717) is 28.3 Å². The SMILES string of the molecule is COc1cc(-c2cc3ccccc3n2C(=O)c2ccccc2COP(=O)(OCc2ccccc2)OCc2ccccc2)[nH]c1C=C1N=C(C)C=C1C. The lowest BCUT2D eigenvalue weighted by Gasteiger charge is -2.19. The lowest BCUT2D eigenvalue weighted by atomic mass is 10.1. The minimum atomic E-state index is -4.11. The fourth-order valence-electron chi connectivity index (χ4n) is 6.11. The molecule has 0 bridgehead atoms. The highest BCUT2D eigenvalue weighted by Crippen LogP contribution is 2.52. The lowest BCUT2D eigenvalue weighted by Crippen LogP contribution is -2.16. The van der Waals surface area contributed by atoms with Crippen molar-refractivity contribution in [1.29, 1.82) is 0 Å². The zero-order valence-corrected chi connectivity index (χ0v) is 30.0. The summed E-state index contributed by atoms with van der Waals surface area (Å²) in [5.41, 5.74) is 8.15. The van der Waals surface area contributed by atoms with Gasteiger partial charge in [-0.15, -0.1) is 0 Å². The molecule has 2 aromatic heterocycles. The number of methoxy groups -OCH3 is 1. The molecule has 0 saturated heterocycles. The van der Waals surface area contributed by atoms with Gasteiger partial charge < -0.3 is 9.72 Å². The number of fused-ring (bicyclic) bond motifs is 1. The van der Waals surface area contributed by atoms with Gasteiger partial charge >= 0.3 is 7.82 Å². The molecule has 0 fully saturated rings. The summed E-state index contributed by atoms with van der Waals surface area (Å²) in [6.45, 7) is 3.82. The van der Waals surface area contributed by atoms with E-state index >= 15 is 0 Å². The summed E-state index contributed by atoms with van der Waals surface area (Å²) in [6.07, 6.45) is 3.98. The monoisotopic (exact) mass is 711 g/mol. The quantitative estimate of drug-likeness (QED) is 0.120. The third-order valence-corrected chi connectivity index (χ3v) is 10.1. The predicted octanol–water partition coefficient (Wildman–Crippen LogP) is 10.2. The van der Waals surface area contributed by atoms with E-state index in [-0.39, 0.29) is 25.7 Å². The van der Waals surface area contributed by atoms with E-state index in [1.54, 1.807) is 29.9 Å². The van der Waals surface area contributed by atoms with Crippen LogP contribution in [-0.4, -0.2) is 28.3 Å². The molecule has 0 unspecified atom stereocenters. The van der Waals surface area contributed by atoms with Gasteiger partial charge in [0, 0.05) is 22.7 Å². The van der Waals surface area contributed by atoms with Gasteiger partial charge in [-0.2, -0.15) is 0 Å². The van der Waals surface area contributed by atoms with Crippen LogP contribution in [-0.2, 0) is 38.0 Å². The van der Waals surface area contributed by atoms with Crippen molar-refractivity contribution in [2.24, 2.45) is 4.99 Å². The second-order valence-corrected chi connectivity index (χ2v) is 14.1. The second kappa shape index (κ2) is 15.4. The standard InChI is InChI=1S/C42H38N3O6P/c1-29-22-30(2)43-36(29)24-38-41(48-3)25-37(44-38)40-23-33-18-11-13-21-39(33)45(40)42(46)35-20-12-10-19-34(35)28-51-52(47,49-26-31-14-6-4-7-15-31)50-27-32-16-8-5-9-17-32/h4-25,44H,26-28H2,1-3H3. The first-order valence-corrected chi connectivity index (χ1v) is 18.3. The number of phosphoric acid groups is 1. The van der Waals surface area contributed by atoms with E-state index in [1.165, 1.54) is 0 Å². The maximum atomic E-state index is 14.7. The first-order chi connectivity index (χ1) is 25.3. The van der Waals surface area contributed by atoms with Crippen LogP contribution in [0.2, 0.25) is 0 Å². The molecule has 1 aliphatic rings. The first kappa shape index (κ1) is 34.9. The normalized spacial score (nSPS) is 13.8. The van der Waals surface area contributed by atoms with Crippen molar-refractivity contribution in [3.63, 3.8) is 0 Å². The Morgan fingerprint density at radius 3 is 2.06 bits per heavy atom. The maximum absolute atomic E-state index is 14.7. The van der Waals surface area contributed by atoms with Crippen LogP contribution in [0.4, 0.5) is 0 Å². The molecule has 262 valence electrons. The Morgan fingerprint density at radius 1 is 0.788 bits per heavy atom. The summed E-state index contributed by atoms with van der Waals surface area (Å²) in [7, 11) is -2.49. The molecule has 3 heterocycles. The van der Waals surface area contributed by atoms with Crippen molar-refractivity contribution < 1.29 is 27.7 Å². The summed E-state index contributed by atoms with van der Waals surface area (Å²) in [5, 5.41) is 0.885. The summed E-state index contributed by atoms with van der Waals surface area (Å²) in [5.74, 6) is 0.332. The van der Waals surface area contributed by atoms with E-state index in [0.717, 1.165) is 44.7 Å². The van der Waals surface area contributed by atoms with E-state index in [4.69, 9.17) is 18.3 Å². The van der Waals surface area contributed by atoms with Gasteiger partial charge in [-0.3, -0.25) is 27.9 Å². The number of nitrogens with one attached hydrogen (secondary N) is 1. The molecule has 0 atom stereocenters. The Hall–Kier alpha value is -5.57. The van der Waals surface area contributed by atoms with Gasteiger partial charge in [-0.25, -0.2) is 4.57 Å². The number of hydrogen-bond donors (Lipinski definition) is 1. The zero-order chi connectivity index (χ0) is 36.1. The molecule has 0 saturated carbocycles. The predicted molar refractivity (Wildman–Crippen MR) is 204 cm³/mol. The minimum Gasteiger partial charge on any atom is -0.494 e. The number of allylic oxidation sites excluding steroid dienone is 2. The van der Waals surface area contributed by atoms with Crippen molar-refractivity contribution in [2.75, 3.05) is 7.11 Å². The second-order valence-electron chi connectivity index (χ2n) is 12.4. The van der Waals surface area contributed by atoms with Gasteiger partial charge in [-0.1, -0.05) is 97.1 Å². The molecule has 7 rings (SSSR count). The number of aliphatic imine (C=N–C) groups is 1. The molecular weight excluding hydrogens is 673 g/mol. The van der Waals surface area contributed by atoms with Crippen molar-refractivity contribution in [3.8, 4) is 17.1 Å². The largest absolute Gasteiger partial charge is 0.494 e. The van der Waals surface area contributed by atoms with E-state index in [9.17, 15) is 9.36 Å². The number of benzene rings is 4. The molecule has 10 heteroatoms. The number of para-hydroxylation sites is 1. The number of carbonyl (C=O) groups is 1. The number of rotatable bonds is 13. The number of phosphoric ester groups is 1. The van der Waals surface area contributed by atoms with Crippen molar-refractivity contribution in [2.45, 2.75) is 33.7 Å². The average molecular weight is 712 g/mol. The van der Waals surface area contributed by atoms with E-state index in [1.807, 2.05) is 129 Å². The van der Waals surface area contributed by atoms with Crippen LogP contribution in [0.5, 0.6) is 5.75 Å². The van der Waals surface area contributed by atoms with Gasteiger partial charge in [0.25, 0.3) is 5.91 Å². The zero-order valence-electron chi connectivity index (χ0n) is 29.1. The Labute approximate surface area is 302 Å². The Kier molecular flexibility index (Phi) is 10.3. The highest BCUT2D eigenvalue weighted by molar-refractivity contribution is 7.48. The number of hydrogen-bond acceptors (Lipinski definition) is 7. The summed E-state index contributed by atoms with van der Waals surface area (Å²) < 4.78 is 39.2. The third kappa shape index (κ3) is 7.68. The molecule has 9 nitrogen and oxygen atoms in total. The summed E-state index contributed by atoms with van der Waals surface area (Å²) >= 11 is 0. The van der Waals surface area contributed by atoms with Crippen molar-refractivity contribution >= 4 is 36.4 Å². The fourth-order valence-corrected chi connectivity index (χ4v) is 7.24. The van der Waals surface area contributed by atoms with Gasteiger partial charge in [0.15, 0.2) is 0 Å². The Bertz CT molecular complexity index is 2330. The van der Waals surface area contributed by atoms with Crippen molar-refractivity contribution in [1.82, 2.24) is 9.55 Å². The number of carbonyl (C=O) groups excluding carboxylic acids is 1. The average Bonchev–Trinajstić information content (AvgIpc) is 3.87. The minimum absolute atomic E-state index is 0.0201. The number of aromatic nitrogens is 2. The molecule has 0 spiro atoms. The third-order valence-electron chi connectivity index (χ3n) is 8.72. The van der Waals surface area contributed by atoms with E-state index in [2.05, 4.69) is 9.98 Å². The van der Waals surface area contributed by atoms with Crippen LogP contribution in [0.3, 0.4) is 0 Å². The molecule has 0 radical (unpaired) electrons. The Balaban J connectivity index is 1.21. The number of H-pyrrole nitrogens is 1. The number of aromatic amines is 1. The topological polar surface area (TPSA) is 104 Å². The number of ether oxygens (including phenoxy) is 1. The van der Waals surface area contributed by atoms with Crippen LogP contribution in [0.25, 0.3) is 28.4 Å². The first-order valence-electron chi connectivity index (χ1n) is 16.9. The van der Waals surface area contributed by atoms with Gasteiger partial charge in [0.2, 0.25) is 0 Å². The molecule has 4 aromatic carbocycles. The molecular formula is C42H38N3O6P.